The summed E-state index contributed by atoms with van der Waals surface area (Å²) >= 11 is 0. The number of nitrogens with two attached hydrogens (primary N) is 1. The second-order valence-electron chi connectivity index (χ2n) is 17.8. The Bertz CT molecular complexity index is 3560. The molecular formula is C47H50ClF8N13O7S2. The molecule has 1 amide bonds. The number of carbonyl (C=O) groups excluding carboxylic acids is 1. The molecule has 2 aliphatic carbocycles. The summed E-state index contributed by atoms with van der Waals surface area (Å²) in [7, 11) is -11.0. The summed E-state index contributed by atoms with van der Waals surface area (Å²) in [5.74, 6) is -2.13. The van der Waals surface area contributed by atoms with Crippen LogP contribution in [0.2, 0.25) is 0 Å². The van der Waals surface area contributed by atoms with Gasteiger partial charge in [-0.15, -0.1) is 12.4 Å². The van der Waals surface area contributed by atoms with Crippen molar-refractivity contribution in [2.75, 3.05) is 36.2 Å². The SMILES string of the molecule is CCc1nc2cc3c(cn2c1C(=O)NCc1ccc(N2CCN(S(=O)(=O)C(F)(F)F)C=N2)c(F)c1)CCC3.CCc1nc2nc3c(cn2c1C(=O)O)CCC3.Cl.NCc1ccc(N2CCN(S(=O)(=O)C(F)(F)F)C=N2)c(F)c1. The quantitative estimate of drug-likeness (QED) is 0.118. The molecule has 2 aromatic carbocycles. The number of pyridine rings is 1. The number of carboxylic acids is 1. The number of amides is 1. The van der Waals surface area contributed by atoms with Gasteiger partial charge in [-0.25, -0.2) is 37.1 Å². The third-order valence-electron chi connectivity index (χ3n) is 12.9. The Kier molecular flexibility index (Phi) is 17.3. The average molecular weight is 1160 g/mol. The lowest BCUT2D eigenvalue weighted by Gasteiger charge is -2.29. The number of fused-ring (bicyclic) bond motifs is 4. The Balaban J connectivity index is 0.000000186. The number of alkyl halides is 6. The monoisotopic (exact) mass is 1160 g/mol. The van der Waals surface area contributed by atoms with Crippen molar-refractivity contribution in [2.45, 2.75) is 89.3 Å². The summed E-state index contributed by atoms with van der Waals surface area (Å²) in [5.41, 5.74) is 2.84. The van der Waals surface area contributed by atoms with Crippen molar-refractivity contribution in [3.05, 3.63) is 123 Å². The summed E-state index contributed by atoms with van der Waals surface area (Å²) in [5, 5.41) is 21.4. The number of hydrogen-bond donors (Lipinski definition) is 3. The number of rotatable bonds is 11. The van der Waals surface area contributed by atoms with E-state index in [0.717, 1.165) is 59.8 Å². The zero-order chi connectivity index (χ0) is 55.8. The predicted molar refractivity (Wildman–Crippen MR) is 272 cm³/mol. The van der Waals surface area contributed by atoms with Crippen molar-refractivity contribution >= 4 is 79.8 Å². The van der Waals surface area contributed by atoms with Crippen LogP contribution in [0.25, 0.3) is 11.4 Å². The lowest BCUT2D eigenvalue weighted by atomic mass is 10.1. The van der Waals surface area contributed by atoms with E-state index in [4.69, 9.17) is 5.73 Å². The molecule has 0 fully saturated rings. The van der Waals surface area contributed by atoms with Gasteiger partial charge in [0.1, 0.15) is 35.7 Å². The molecule has 6 heterocycles. The minimum Gasteiger partial charge on any atom is -0.477 e. The molecule has 420 valence electrons. The molecule has 0 unspecified atom stereocenters. The number of aromatic carboxylic acids is 1. The highest BCUT2D eigenvalue weighted by Crippen LogP contribution is 2.31. The van der Waals surface area contributed by atoms with E-state index < -0.39 is 61.8 Å². The van der Waals surface area contributed by atoms with Crippen LogP contribution in [0.5, 0.6) is 0 Å². The molecule has 0 bridgehead atoms. The van der Waals surface area contributed by atoms with Crippen molar-refractivity contribution in [1.29, 1.82) is 0 Å². The van der Waals surface area contributed by atoms with Gasteiger partial charge in [-0.05, 0) is 110 Å². The van der Waals surface area contributed by atoms with Crippen LogP contribution in [0.15, 0.2) is 65.1 Å². The molecule has 6 aromatic rings. The molecule has 10 rings (SSSR count). The molecule has 0 atom stereocenters. The van der Waals surface area contributed by atoms with Crippen molar-refractivity contribution in [1.82, 2.24) is 37.7 Å². The highest BCUT2D eigenvalue weighted by Gasteiger charge is 2.51. The van der Waals surface area contributed by atoms with E-state index in [-0.39, 0.29) is 70.2 Å². The minimum atomic E-state index is -5.56. The molecule has 31 heteroatoms. The number of aryl methyl sites for hydroxylation is 6. The molecular weight excluding hydrogens is 1110 g/mol. The number of aromatic nitrogens is 5. The Labute approximate surface area is 446 Å². The second kappa shape index (κ2) is 23.0. The van der Waals surface area contributed by atoms with Gasteiger partial charge in [-0.3, -0.25) is 23.6 Å². The van der Waals surface area contributed by atoms with Crippen molar-refractivity contribution in [2.24, 2.45) is 15.9 Å². The van der Waals surface area contributed by atoms with Gasteiger partial charge < -0.3 is 16.2 Å². The van der Waals surface area contributed by atoms with Crippen molar-refractivity contribution in [3.8, 4) is 0 Å². The Morgan fingerprint density at radius 2 is 1.18 bits per heavy atom. The first kappa shape index (κ1) is 58.5. The van der Waals surface area contributed by atoms with Crippen LogP contribution in [-0.2, 0) is 71.7 Å². The lowest BCUT2D eigenvalue weighted by Crippen LogP contribution is -2.46. The summed E-state index contributed by atoms with van der Waals surface area (Å²) in [6.45, 7) is 2.44. The molecule has 4 aromatic heterocycles. The van der Waals surface area contributed by atoms with Gasteiger partial charge in [0.15, 0.2) is 5.69 Å². The third-order valence-corrected chi connectivity index (χ3v) is 15.8. The van der Waals surface area contributed by atoms with E-state index in [1.54, 1.807) is 20.9 Å². The second-order valence-corrected chi connectivity index (χ2v) is 21.5. The maximum absolute atomic E-state index is 14.9. The zero-order valence-corrected chi connectivity index (χ0v) is 43.8. The molecule has 20 nitrogen and oxygen atoms in total. The Morgan fingerprint density at radius 3 is 1.69 bits per heavy atom. The molecule has 78 heavy (non-hydrogen) atoms. The van der Waals surface area contributed by atoms with E-state index in [0.29, 0.717) is 65.2 Å². The summed E-state index contributed by atoms with van der Waals surface area (Å²) < 4.78 is 153. The van der Waals surface area contributed by atoms with Crippen molar-refractivity contribution < 1.29 is 66.7 Å². The normalized spacial score (nSPS) is 15.4. The topological polar surface area (TPSA) is 246 Å². The van der Waals surface area contributed by atoms with Crippen molar-refractivity contribution in [3.63, 3.8) is 0 Å². The number of anilines is 2. The van der Waals surface area contributed by atoms with Gasteiger partial charge in [0.05, 0.1) is 48.9 Å². The zero-order valence-electron chi connectivity index (χ0n) is 41.4. The maximum Gasteiger partial charge on any atom is 0.516 e. The number of nitrogens with zero attached hydrogens (tertiary/aromatic N) is 11. The van der Waals surface area contributed by atoms with Gasteiger partial charge in [-0.1, -0.05) is 26.0 Å². The first-order valence-electron chi connectivity index (χ1n) is 23.9. The van der Waals surface area contributed by atoms with E-state index in [9.17, 15) is 66.7 Å². The van der Waals surface area contributed by atoms with Gasteiger partial charge in [0.25, 0.3) is 5.91 Å². The number of hydrogen-bond acceptors (Lipinski definition) is 14. The summed E-state index contributed by atoms with van der Waals surface area (Å²) in [6, 6.07) is 10.2. The molecule has 4 N–H and O–H groups in total. The standard InChI is InChI=1S/C24H24F4N6O3S.C12H13N3O2.C11H12F4N4O2S.ClH/c1-2-19-22(33-13-17-5-3-4-16(17)11-21(33)31-19)23(35)29-12-15-6-7-20(18(25)10-15)34-9-8-32(14-30-34)38(36,37)24(26,27)28;1-2-8-10(11(16)17)15-6-7-4-3-5-9(7)14-12(15)13-8;12-9-5-8(6-16)1-2-10(9)19-4-3-18(7-17-19)22(20,21)11(13,14)15;/h6-7,10-11,13-14H,2-5,8-9,12H2,1H3,(H,29,35);6H,2-5H2,1H3,(H,16,17);1-2,5,7H,3-4,6,16H2;1H. The Hall–Kier alpha value is -7.18. The molecule has 0 saturated heterocycles. The van der Waals surface area contributed by atoms with Gasteiger partial charge in [0, 0.05) is 31.2 Å². The average Bonchev–Trinajstić information content (AvgIpc) is 4.25. The largest absolute Gasteiger partial charge is 0.516 e. The smallest absolute Gasteiger partial charge is 0.477 e. The van der Waals surface area contributed by atoms with E-state index in [1.807, 2.05) is 32.3 Å². The van der Waals surface area contributed by atoms with Gasteiger partial charge in [-0.2, -0.15) is 53.4 Å². The van der Waals surface area contributed by atoms with Gasteiger partial charge >= 0.3 is 37.0 Å². The number of nitrogens with one attached hydrogen (secondary N) is 1. The van der Waals surface area contributed by atoms with E-state index in [2.05, 4.69) is 30.5 Å². The molecule has 2 aliphatic heterocycles. The fourth-order valence-electron chi connectivity index (χ4n) is 8.94. The molecule has 0 radical (unpaired) electrons. The van der Waals surface area contributed by atoms with Crippen LogP contribution in [0.1, 0.15) is 92.6 Å². The summed E-state index contributed by atoms with van der Waals surface area (Å²) in [4.78, 5) is 37.8. The number of carboxylic acid groups (broad SMARTS) is 1. The first-order chi connectivity index (χ1) is 36.4. The molecule has 4 aliphatic rings. The summed E-state index contributed by atoms with van der Waals surface area (Å²) in [6.07, 6.45) is 12.1. The number of carbonyl (C=O) groups is 2. The Morgan fingerprint density at radius 1 is 0.667 bits per heavy atom. The first-order valence-corrected chi connectivity index (χ1v) is 26.7. The van der Waals surface area contributed by atoms with Crippen LogP contribution in [0.3, 0.4) is 0 Å². The van der Waals surface area contributed by atoms with Gasteiger partial charge in [0.2, 0.25) is 5.78 Å². The molecule has 0 spiro atoms. The predicted octanol–water partition coefficient (Wildman–Crippen LogP) is 6.47. The van der Waals surface area contributed by atoms with E-state index >= 15 is 0 Å². The van der Waals surface area contributed by atoms with Crippen LogP contribution in [-0.4, -0.2) is 116 Å². The third kappa shape index (κ3) is 11.8. The van der Waals surface area contributed by atoms with Crippen LogP contribution in [0, 0.1) is 11.6 Å². The highest BCUT2D eigenvalue weighted by molar-refractivity contribution is 7.90. The van der Waals surface area contributed by atoms with Crippen LogP contribution in [0.4, 0.5) is 46.5 Å². The number of benzene rings is 2. The van der Waals surface area contributed by atoms with Crippen LogP contribution >= 0.6 is 12.4 Å². The maximum atomic E-state index is 14.9. The van der Waals surface area contributed by atoms with Crippen LogP contribution < -0.4 is 21.1 Å². The number of sulfonamides is 2. The fraction of sp³-hybridized carbons (Fsp3) is 0.383. The number of hydrazone groups is 2. The van der Waals surface area contributed by atoms with E-state index in [1.165, 1.54) is 35.4 Å². The fourth-order valence-corrected chi connectivity index (χ4v) is 10.5. The number of imidazole rings is 2. The molecule has 0 saturated carbocycles. The highest BCUT2D eigenvalue weighted by atomic mass is 35.5. The minimum absolute atomic E-state index is 0. The lowest BCUT2D eigenvalue weighted by molar-refractivity contribution is -0.0477. The number of halogens is 9.